The van der Waals surface area contributed by atoms with Gasteiger partial charge in [-0.05, 0) is 0 Å². The molecule has 2 N–H and O–H groups in total. The molecule has 0 unspecified atom stereocenters. The molecule has 0 spiro atoms. The number of nitrogens with two attached hydrogens (primary N) is 1. The summed E-state index contributed by atoms with van der Waals surface area (Å²) >= 11 is 5.67. The van der Waals surface area contributed by atoms with Gasteiger partial charge in [0.1, 0.15) is 6.54 Å². The zero-order valence-electron chi connectivity index (χ0n) is 9.86. The Bertz CT molecular complexity index is 595. The smallest absolute Gasteiger partial charge is 0.356 e. The van der Waals surface area contributed by atoms with Crippen molar-refractivity contribution in [3.8, 4) is 0 Å². The number of oxime groups is 1. The fourth-order valence-electron chi connectivity index (χ4n) is 1.35. The zero-order chi connectivity index (χ0) is 13.7. The second-order valence-corrected chi connectivity index (χ2v) is 4.10. The van der Waals surface area contributed by atoms with Crippen LogP contribution in [0, 0.1) is 0 Å². The molecule has 19 heavy (non-hydrogen) atoms. The molecule has 0 aliphatic heterocycles. The van der Waals surface area contributed by atoms with Crippen LogP contribution in [0.5, 0.6) is 0 Å². The maximum atomic E-state index is 11.5. The van der Waals surface area contributed by atoms with Crippen LogP contribution >= 0.6 is 11.6 Å². The van der Waals surface area contributed by atoms with E-state index in [2.05, 4.69) is 10.3 Å². The molecule has 1 heterocycles. The average molecular weight is 279 g/mol. The number of hydrogen-bond donors (Lipinski definition) is 1. The molecule has 0 atom stereocenters. The second kappa shape index (κ2) is 6.01. The lowest BCUT2D eigenvalue weighted by Gasteiger charge is -2.01. The van der Waals surface area contributed by atoms with Crippen molar-refractivity contribution in [2.75, 3.05) is 0 Å². The first-order chi connectivity index (χ1) is 9.15. The minimum absolute atomic E-state index is 0.0850. The maximum absolute atomic E-state index is 11.5. The van der Waals surface area contributed by atoms with E-state index in [-0.39, 0.29) is 12.4 Å². The Labute approximate surface area is 114 Å². The Morgan fingerprint density at radius 1 is 1.42 bits per heavy atom. The van der Waals surface area contributed by atoms with Gasteiger partial charge in [0, 0.05) is 11.8 Å². The van der Waals surface area contributed by atoms with Crippen LogP contribution in [0.1, 0.15) is 5.56 Å². The number of amidine groups is 1. The number of aromatic nitrogens is 2. The van der Waals surface area contributed by atoms with E-state index in [0.717, 1.165) is 0 Å². The van der Waals surface area contributed by atoms with Crippen LogP contribution in [0.25, 0.3) is 0 Å². The van der Waals surface area contributed by atoms with Crippen molar-refractivity contribution >= 4 is 23.4 Å². The van der Waals surface area contributed by atoms with Crippen LogP contribution in [-0.4, -0.2) is 21.6 Å². The minimum Gasteiger partial charge on any atom is -0.380 e. The molecule has 0 aliphatic carbocycles. The third-order valence-corrected chi connectivity index (χ3v) is 2.40. The molecule has 0 radical (unpaired) electrons. The lowest BCUT2D eigenvalue weighted by atomic mass is 10.2. The summed E-state index contributed by atoms with van der Waals surface area (Å²) in [6.07, 6.45) is 2.93. The minimum atomic E-state index is -0.585. The van der Waals surface area contributed by atoms with Crippen molar-refractivity contribution in [3.05, 3.63) is 53.3 Å². The first-order valence-corrected chi connectivity index (χ1v) is 5.79. The van der Waals surface area contributed by atoms with E-state index in [0.29, 0.717) is 10.6 Å². The monoisotopic (exact) mass is 278 g/mol. The average Bonchev–Trinajstić information content (AvgIpc) is 2.82. The number of hydrogen-bond acceptors (Lipinski definition) is 4. The molecule has 0 aliphatic rings. The Morgan fingerprint density at radius 2 is 2.16 bits per heavy atom. The van der Waals surface area contributed by atoms with Gasteiger partial charge in [-0.2, -0.15) is 5.10 Å². The summed E-state index contributed by atoms with van der Waals surface area (Å²) in [7, 11) is 0. The summed E-state index contributed by atoms with van der Waals surface area (Å²) in [6, 6.07) is 9.00. The van der Waals surface area contributed by atoms with Gasteiger partial charge in [-0.15, -0.1) is 0 Å². The summed E-state index contributed by atoms with van der Waals surface area (Å²) in [5, 5.41) is 7.86. The van der Waals surface area contributed by atoms with Gasteiger partial charge in [0.15, 0.2) is 5.84 Å². The van der Waals surface area contributed by atoms with Gasteiger partial charge in [0.25, 0.3) is 0 Å². The van der Waals surface area contributed by atoms with Crippen molar-refractivity contribution in [2.45, 2.75) is 6.54 Å². The fraction of sp³-hybridized carbons (Fsp3) is 0.0833. The highest BCUT2D eigenvalue weighted by Crippen LogP contribution is 2.04. The van der Waals surface area contributed by atoms with Gasteiger partial charge in [-0.25, -0.2) is 4.79 Å². The normalized spacial score (nSPS) is 11.3. The number of benzene rings is 1. The van der Waals surface area contributed by atoms with Crippen LogP contribution in [0.3, 0.4) is 0 Å². The molecule has 0 fully saturated rings. The predicted molar refractivity (Wildman–Crippen MR) is 70.5 cm³/mol. The zero-order valence-corrected chi connectivity index (χ0v) is 10.6. The largest absolute Gasteiger partial charge is 0.380 e. The third kappa shape index (κ3) is 3.82. The van der Waals surface area contributed by atoms with Crippen molar-refractivity contribution in [1.82, 2.24) is 9.78 Å². The van der Waals surface area contributed by atoms with E-state index < -0.39 is 5.97 Å². The molecule has 98 valence electrons. The van der Waals surface area contributed by atoms with E-state index in [1.54, 1.807) is 12.1 Å². The second-order valence-electron chi connectivity index (χ2n) is 3.66. The molecular weight excluding hydrogens is 268 g/mol. The summed E-state index contributed by atoms with van der Waals surface area (Å²) in [5.74, 6) is -0.453. The first kappa shape index (κ1) is 13.1. The summed E-state index contributed by atoms with van der Waals surface area (Å²) in [5.41, 5.74) is 6.35. The van der Waals surface area contributed by atoms with Crippen molar-refractivity contribution in [1.29, 1.82) is 0 Å². The molecule has 2 rings (SSSR count). The Morgan fingerprint density at radius 3 is 2.79 bits per heavy atom. The molecule has 1 aromatic carbocycles. The van der Waals surface area contributed by atoms with Crippen molar-refractivity contribution < 1.29 is 9.63 Å². The van der Waals surface area contributed by atoms with Gasteiger partial charge in [0.05, 0.1) is 11.2 Å². The highest BCUT2D eigenvalue weighted by atomic mass is 35.5. The Hall–Kier alpha value is -2.34. The summed E-state index contributed by atoms with van der Waals surface area (Å²) in [4.78, 5) is 16.2. The molecule has 0 bridgehead atoms. The highest BCUT2D eigenvalue weighted by Gasteiger charge is 2.06. The van der Waals surface area contributed by atoms with Crippen molar-refractivity contribution in [3.63, 3.8) is 0 Å². The van der Waals surface area contributed by atoms with Crippen LogP contribution in [0.15, 0.2) is 47.9 Å². The van der Waals surface area contributed by atoms with Gasteiger partial charge in [-0.1, -0.05) is 47.1 Å². The lowest BCUT2D eigenvalue weighted by molar-refractivity contribution is -0.144. The third-order valence-electron chi connectivity index (χ3n) is 2.21. The fourth-order valence-corrected chi connectivity index (χ4v) is 1.50. The van der Waals surface area contributed by atoms with E-state index in [1.165, 1.54) is 17.1 Å². The number of rotatable bonds is 4. The molecule has 2 aromatic rings. The number of halogens is 1. The summed E-state index contributed by atoms with van der Waals surface area (Å²) < 4.78 is 1.35. The highest BCUT2D eigenvalue weighted by molar-refractivity contribution is 6.30. The van der Waals surface area contributed by atoms with Crippen LogP contribution in [0.4, 0.5) is 0 Å². The maximum Gasteiger partial charge on any atom is 0.356 e. The predicted octanol–water partition coefficient (Wildman–Crippen LogP) is 1.40. The number of carbonyl (C=O) groups is 1. The van der Waals surface area contributed by atoms with Crippen LogP contribution in [0.2, 0.25) is 5.02 Å². The quantitative estimate of drug-likeness (QED) is 0.397. The van der Waals surface area contributed by atoms with Gasteiger partial charge in [-0.3, -0.25) is 4.68 Å². The Balaban J connectivity index is 1.93. The molecular formula is C12H11ClN4O2. The van der Waals surface area contributed by atoms with Gasteiger partial charge < -0.3 is 10.6 Å². The van der Waals surface area contributed by atoms with Crippen molar-refractivity contribution in [2.24, 2.45) is 10.9 Å². The number of nitrogens with zero attached hydrogens (tertiary/aromatic N) is 3. The SMILES string of the molecule is N/C(=N\OC(=O)Cn1cc(Cl)cn1)c1ccccc1. The van der Waals surface area contributed by atoms with E-state index >= 15 is 0 Å². The standard InChI is InChI=1S/C12H11ClN4O2/c13-10-6-15-17(7-10)8-11(18)19-16-12(14)9-4-2-1-3-5-9/h1-7H,8H2,(H2,14,16). The topological polar surface area (TPSA) is 82.5 Å². The number of carbonyl (C=O) groups excluding carboxylic acids is 1. The van der Waals surface area contributed by atoms with Crippen LogP contribution < -0.4 is 5.73 Å². The molecule has 0 amide bonds. The lowest BCUT2D eigenvalue weighted by Crippen LogP contribution is -2.17. The van der Waals surface area contributed by atoms with E-state index in [4.69, 9.17) is 22.2 Å². The van der Waals surface area contributed by atoms with Gasteiger partial charge in [0.2, 0.25) is 0 Å². The molecule has 7 heteroatoms. The molecule has 0 saturated carbocycles. The molecule has 6 nitrogen and oxygen atoms in total. The summed E-state index contributed by atoms with van der Waals surface area (Å²) in [6.45, 7) is -0.0850. The van der Waals surface area contributed by atoms with E-state index in [1.807, 2.05) is 18.2 Å². The molecule has 0 saturated heterocycles. The first-order valence-electron chi connectivity index (χ1n) is 5.42. The van der Waals surface area contributed by atoms with Crippen LogP contribution in [-0.2, 0) is 16.2 Å². The Kier molecular flexibility index (Phi) is 4.15. The van der Waals surface area contributed by atoms with Gasteiger partial charge >= 0.3 is 5.97 Å². The molecule has 1 aromatic heterocycles. The van der Waals surface area contributed by atoms with E-state index in [9.17, 15) is 4.79 Å².